The molecule has 1 aromatic carbocycles. The Bertz CT molecular complexity index is 630. The molecule has 0 spiro atoms. The molecule has 0 aliphatic heterocycles. The molecule has 0 fully saturated rings. The van der Waals surface area contributed by atoms with Crippen LogP contribution in [0.2, 0.25) is 0 Å². The Labute approximate surface area is 119 Å². The van der Waals surface area contributed by atoms with Crippen molar-refractivity contribution in [3.63, 3.8) is 0 Å². The maximum atomic E-state index is 12.2. The minimum Gasteiger partial charge on any atom is -0.508 e. The first-order chi connectivity index (χ1) is 10.1. The second kappa shape index (κ2) is 6.33. The maximum absolute atomic E-state index is 12.2. The predicted molar refractivity (Wildman–Crippen MR) is 74.1 cm³/mol. The topological polar surface area (TPSA) is 116 Å². The number of nitrogens with one attached hydrogen (secondary N) is 1. The number of carbonyl (C=O) groups is 2. The first-order valence-electron chi connectivity index (χ1n) is 5.90. The molecule has 1 aromatic heterocycles. The van der Waals surface area contributed by atoms with E-state index in [0.717, 1.165) is 4.90 Å². The normalized spacial score (nSPS) is 9.90. The summed E-state index contributed by atoms with van der Waals surface area (Å²) in [5.41, 5.74) is 0.682. The number of hydrogen-bond acceptors (Lipinski definition) is 5. The number of carbonyl (C=O) groups excluding carboxylic acids is 1. The van der Waals surface area contributed by atoms with E-state index in [0.29, 0.717) is 11.4 Å². The fourth-order valence-corrected chi connectivity index (χ4v) is 1.60. The smallest absolute Gasteiger partial charge is 0.326 e. The highest BCUT2D eigenvalue weighted by Gasteiger charge is 2.19. The number of nitrogens with zero attached hydrogens (tertiary/aromatic N) is 3. The number of amides is 2. The van der Waals surface area contributed by atoms with Crippen molar-refractivity contribution in [3.05, 3.63) is 43.0 Å². The fraction of sp³-hybridized carbons (Fsp3) is 0.0769. The number of urea groups is 1. The highest BCUT2D eigenvalue weighted by molar-refractivity contribution is 6.04. The van der Waals surface area contributed by atoms with Crippen LogP contribution in [0.4, 0.5) is 16.2 Å². The van der Waals surface area contributed by atoms with Crippen LogP contribution in [-0.2, 0) is 4.79 Å². The Morgan fingerprint density at radius 1 is 1.14 bits per heavy atom. The summed E-state index contributed by atoms with van der Waals surface area (Å²) < 4.78 is 0. The lowest BCUT2D eigenvalue weighted by molar-refractivity contribution is -0.135. The Kier molecular flexibility index (Phi) is 4.30. The zero-order valence-electron chi connectivity index (χ0n) is 10.8. The summed E-state index contributed by atoms with van der Waals surface area (Å²) in [7, 11) is 0. The summed E-state index contributed by atoms with van der Waals surface area (Å²) in [6.45, 7) is -0.524. The molecule has 0 unspecified atom stereocenters. The molecule has 1 heterocycles. The van der Waals surface area contributed by atoms with Gasteiger partial charge in [-0.05, 0) is 24.3 Å². The van der Waals surface area contributed by atoms with Crippen molar-refractivity contribution in [2.45, 2.75) is 0 Å². The van der Waals surface area contributed by atoms with Crippen LogP contribution in [0.5, 0.6) is 5.75 Å². The van der Waals surface area contributed by atoms with Crippen LogP contribution in [0.15, 0.2) is 43.0 Å². The monoisotopic (exact) mass is 288 g/mol. The molecule has 2 aromatic rings. The third kappa shape index (κ3) is 3.90. The van der Waals surface area contributed by atoms with Gasteiger partial charge in [-0.2, -0.15) is 0 Å². The van der Waals surface area contributed by atoms with Crippen LogP contribution in [0.25, 0.3) is 0 Å². The average Bonchev–Trinajstić information content (AvgIpc) is 2.46. The Morgan fingerprint density at radius 3 is 2.33 bits per heavy atom. The molecule has 0 bridgehead atoms. The van der Waals surface area contributed by atoms with Gasteiger partial charge in [-0.3, -0.25) is 9.69 Å². The summed E-state index contributed by atoms with van der Waals surface area (Å²) in [6.07, 6.45) is 4.09. The number of anilines is 2. The second-order valence-electron chi connectivity index (χ2n) is 4.05. The van der Waals surface area contributed by atoms with Gasteiger partial charge in [-0.1, -0.05) is 0 Å². The van der Waals surface area contributed by atoms with Gasteiger partial charge < -0.3 is 15.5 Å². The van der Waals surface area contributed by atoms with E-state index in [2.05, 4.69) is 15.3 Å². The van der Waals surface area contributed by atoms with Crippen LogP contribution in [-0.4, -0.2) is 38.7 Å². The lowest BCUT2D eigenvalue weighted by Crippen LogP contribution is -2.38. The van der Waals surface area contributed by atoms with Crippen molar-refractivity contribution in [2.75, 3.05) is 16.8 Å². The van der Waals surface area contributed by atoms with Gasteiger partial charge in [0.25, 0.3) is 0 Å². The van der Waals surface area contributed by atoms with Gasteiger partial charge in [-0.25, -0.2) is 14.8 Å². The lowest BCUT2D eigenvalue weighted by Gasteiger charge is -2.21. The summed E-state index contributed by atoms with van der Waals surface area (Å²) >= 11 is 0. The van der Waals surface area contributed by atoms with Crippen LogP contribution < -0.4 is 10.2 Å². The molecule has 8 heteroatoms. The maximum Gasteiger partial charge on any atom is 0.326 e. The highest BCUT2D eigenvalue weighted by Crippen LogP contribution is 2.19. The fourth-order valence-electron chi connectivity index (χ4n) is 1.60. The summed E-state index contributed by atoms with van der Waals surface area (Å²) in [4.78, 5) is 31.6. The molecule has 2 amide bonds. The van der Waals surface area contributed by atoms with Gasteiger partial charge in [0.15, 0.2) is 0 Å². The minimum absolute atomic E-state index is 0.0193. The number of aromatic nitrogens is 2. The number of aromatic hydroxyl groups is 1. The van der Waals surface area contributed by atoms with E-state index in [9.17, 15) is 14.7 Å². The molecule has 21 heavy (non-hydrogen) atoms. The quantitative estimate of drug-likeness (QED) is 0.781. The molecule has 0 saturated carbocycles. The van der Waals surface area contributed by atoms with E-state index >= 15 is 0 Å². The van der Waals surface area contributed by atoms with Crippen molar-refractivity contribution in [3.8, 4) is 5.75 Å². The number of phenolic OH excluding ortho intramolecular Hbond substituents is 1. The summed E-state index contributed by atoms with van der Waals surface area (Å²) in [6, 6.07) is 4.98. The molecule has 0 aliphatic carbocycles. The van der Waals surface area contributed by atoms with Crippen molar-refractivity contribution < 1.29 is 19.8 Å². The molecule has 8 nitrogen and oxygen atoms in total. The summed E-state index contributed by atoms with van der Waals surface area (Å²) in [5, 5.41) is 20.7. The van der Waals surface area contributed by atoms with Gasteiger partial charge in [-0.15, -0.1) is 0 Å². The first-order valence-corrected chi connectivity index (χ1v) is 5.90. The third-order valence-electron chi connectivity index (χ3n) is 2.51. The van der Waals surface area contributed by atoms with E-state index in [4.69, 9.17) is 5.11 Å². The van der Waals surface area contributed by atoms with E-state index in [1.165, 1.54) is 43.0 Å². The van der Waals surface area contributed by atoms with E-state index in [1.807, 2.05) is 0 Å². The number of benzene rings is 1. The van der Waals surface area contributed by atoms with Crippen LogP contribution in [0.1, 0.15) is 0 Å². The SMILES string of the molecule is O=C(O)CN(C(=O)Nc1cncnc1)c1ccc(O)cc1. The van der Waals surface area contributed by atoms with Gasteiger partial charge >= 0.3 is 12.0 Å². The number of phenols is 1. The van der Waals surface area contributed by atoms with Gasteiger partial charge in [0, 0.05) is 5.69 Å². The Morgan fingerprint density at radius 2 is 1.76 bits per heavy atom. The van der Waals surface area contributed by atoms with Gasteiger partial charge in [0.1, 0.15) is 18.6 Å². The standard InChI is InChI=1S/C13H12N4O4/c18-11-3-1-10(2-4-11)17(7-12(19)20)13(21)16-9-5-14-8-15-6-9/h1-6,8,18H,7H2,(H,16,21)(H,19,20). The Balaban J connectivity index is 2.21. The van der Waals surface area contributed by atoms with Crippen molar-refractivity contribution >= 4 is 23.4 Å². The summed E-state index contributed by atoms with van der Waals surface area (Å²) in [5.74, 6) is -1.14. The molecule has 0 radical (unpaired) electrons. The minimum atomic E-state index is -1.16. The molecular formula is C13H12N4O4. The Hall–Kier alpha value is -3.16. The van der Waals surface area contributed by atoms with Crippen LogP contribution >= 0.6 is 0 Å². The van der Waals surface area contributed by atoms with Gasteiger partial charge in [0.05, 0.1) is 18.1 Å². The molecule has 108 valence electrons. The molecule has 2 rings (SSSR count). The molecular weight excluding hydrogens is 276 g/mol. The average molecular weight is 288 g/mol. The first kappa shape index (κ1) is 14.3. The lowest BCUT2D eigenvalue weighted by atomic mass is 10.2. The molecule has 3 N–H and O–H groups in total. The zero-order chi connectivity index (χ0) is 15.2. The van der Waals surface area contributed by atoms with Crippen molar-refractivity contribution in [2.24, 2.45) is 0 Å². The van der Waals surface area contributed by atoms with Crippen molar-refractivity contribution in [1.29, 1.82) is 0 Å². The third-order valence-corrected chi connectivity index (χ3v) is 2.51. The second-order valence-corrected chi connectivity index (χ2v) is 4.05. The largest absolute Gasteiger partial charge is 0.508 e. The van der Waals surface area contributed by atoms with E-state index in [1.54, 1.807) is 0 Å². The van der Waals surface area contributed by atoms with Crippen LogP contribution in [0, 0.1) is 0 Å². The van der Waals surface area contributed by atoms with Crippen LogP contribution in [0.3, 0.4) is 0 Å². The number of carboxylic acid groups (broad SMARTS) is 1. The molecule has 0 saturated heterocycles. The molecule has 0 atom stereocenters. The highest BCUT2D eigenvalue weighted by atomic mass is 16.4. The van der Waals surface area contributed by atoms with Gasteiger partial charge in [0.2, 0.25) is 0 Å². The number of hydrogen-bond donors (Lipinski definition) is 3. The zero-order valence-corrected chi connectivity index (χ0v) is 10.8. The van der Waals surface area contributed by atoms with E-state index in [-0.39, 0.29) is 5.75 Å². The van der Waals surface area contributed by atoms with Crippen molar-refractivity contribution in [1.82, 2.24) is 9.97 Å². The molecule has 0 aliphatic rings. The number of rotatable bonds is 4. The van der Waals surface area contributed by atoms with E-state index < -0.39 is 18.5 Å². The predicted octanol–water partition coefficient (Wildman–Crippen LogP) is 1.31. The number of aliphatic carboxylic acids is 1. The number of carboxylic acids is 1.